The molecule has 1 aromatic carbocycles. The Morgan fingerprint density at radius 3 is 1.22 bits per heavy atom. The van der Waals surface area contributed by atoms with Crippen LogP contribution < -0.4 is 33.6 Å². The fourth-order valence-electron chi connectivity index (χ4n) is 3.61. The number of nitrogens with two attached hydrogens (primary N) is 4. The lowest BCUT2D eigenvalue weighted by Gasteiger charge is -2.24. The molecule has 10 N–H and O–H groups in total. The summed E-state index contributed by atoms with van der Waals surface area (Å²) in [5, 5.41) is 6.95. The SMILES string of the molecule is NCCCNCCN(CCCN)Cc1ccc(CN(CCCN)CCNCCCN)cc1. The van der Waals surface area contributed by atoms with E-state index in [9.17, 15) is 0 Å². The molecule has 0 amide bonds. The average Bonchev–Trinajstić information content (AvgIpc) is 2.81. The average molecular weight is 451 g/mol. The van der Waals surface area contributed by atoms with Crippen LogP contribution in [-0.2, 0) is 13.1 Å². The van der Waals surface area contributed by atoms with Gasteiger partial charge in [-0.25, -0.2) is 0 Å². The maximum atomic E-state index is 5.75. The van der Waals surface area contributed by atoms with Gasteiger partial charge in [-0.05, 0) is 89.2 Å². The van der Waals surface area contributed by atoms with Crippen LogP contribution in [0.2, 0.25) is 0 Å². The molecule has 0 heterocycles. The Kier molecular flexibility index (Phi) is 18.5. The maximum Gasteiger partial charge on any atom is 0.0234 e. The molecule has 0 spiro atoms. The summed E-state index contributed by atoms with van der Waals surface area (Å²) in [6, 6.07) is 9.08. The van der Waals surface area contributed by atoms with Crippen LogP contribution in [0, 0.1) is 0 Å². The topological polar surface area (TPSA) is 135 Å². The minimum atomic E-state index is 0.732. The number of rotatable bonds is 22. The van der Waals surface area contributed by atoms with Gasteiger partial charge in [-0.15, -0.1) is 0 Å². The van der Waals surface area contributed by atoms with E-state index in [1.165, 1.54) is 11.1 Å². The minimum absolute atomic E-state index is 0.732. The van der Waals surface area contributed by atoms with Gasteiger partial charge < -0.3 is 33.6 Å². The molecule has 0 atom stereocenters. The molecule has 186 valence electrons. The third kappa shape index (κ3) is 14.9. The van der Waals surface area contributed by atoms with Gasteiger partial charge in [0.05, 0.1) is 0 Å². The normalized spacial score (nSPS) is 11.7. The van der Waals surface area contributed by atoms with E-state index in [1.54, 1.807) is 0 Å². The van der Waals surface area contributed by atoms with Crippen molar-refractivity contribution < 1.29 is 0 Å². The second-order valence-corrected chi connectivity index (χ2v) is 8.44. The molecular weight excluding hydrogens is 400 g/mol. The van der Waals surface area contributed by atoms with Gasteiger partial charge in [-0.3, -0.25) is 9.80 Å². The molecule has 0 bridgehead atoms. The predicted molar refractivity (Wildman–Crippen MR) is 137 cm³/mol. The first-order valence-corrected chi connectivity index (χ1v) is 12.5. The van der Waals surface area contributed by atoms with Crippen molar-refractivity contribution in [2.75, 3.05) is 78.5 Å². The van der Waals surface area contributed by atoms with Crippen LogP contribution in [-0.4, -0.2) is 88.3 Å². The summed E-state index contributed by atoms with van der Waals surface area (Å²) < 4.78 is 0. The van der Waals surface area contributed by atoms with Crippen LogP contribution >= 0.6 is 0 Å². The van der Waals surface area contributed by atoms with Gasteiger partial charge in [-0.1, -0.05) is 24.3 Å². The van der Waals surface area contributed by atoms with E-state index in [4.69, 9.17) is 22.9 Å². The Labute approximate surface area is 196 Å². The molecular formula is C24H50N8. The molecule has 0 radical (unpaired) electrons. The molecule has 0 unspecified atom stereocenters. The molecule has 0 saturated carbocycles. The summed E-state index contributed by atoms with van der Waals surface area (Å²) in [5.74, 6) is 0. The summed E-state index contributed by atoms with van der Waals surface area (Å²) in [4.78, 5) is 4.97. The van der Waals surface area contributed by atoms with Crippen molar-refractivity contribution in [3.63, 3.8) is 0 Å². The van der Waals surface area contributed by atoms with Gasteiger partial charge in [0.1, 0.15) is 0 Å². The highest BCUT2D eigenvalue weighted by Gasteiger charge is 2.08. The van der Waals surface area contributed by atoms with Crippen molar-refractivity contribution in [3.05, 3.63) is 35.4 Å². The quantitative estimate of drug-likeness (QED) is 0.134. The Hall–Kier alpha value is -1.10. The van der Waals surface area contributed by atoms with Gasteiger partial charge >= 0.3 is 0 Å². The zero-order valence-electron chi connectivity index (χ0n) is 20.2. The first kappa shape index (κ1) is 28.9. The number of nitrogens with zero attached hydrogens (tertiary/aromatic N) is 2. The molecule has 0 fully saturated rings. The highest BCUT2D eigenvalue weighted by Crippen LogP contribution is 2.10. The van der Waals surface area contributed by atoms with E-state index in [0.29, 0.717) is 0 Å². The van der Waals surface area contributed by atoms with Gasteiger partial charge in [0.15, 0.2) is 0 Å². The van der Waals surface area contributed by atoms with Crippen LogP contribution in [0.4, 0.5) is 0 Å². The Morgan fingerprint density at radius 1 is 0.500 bits per heavy atom. The monoisotopic (exact) mass is 450 g/mol. The van der Waals surface area contributed by atoms with Crippen LogP contribution in [0.1, 0.15) is 36.8 Å². The molecule has 32 heavy (non-hydrogen) atoms. The molecule has 1 rings (SSSR count). The number of nitrogens with one attached hydrogen (secondary N) is 2. The second kappa shape index (κ2) is 20.5. The van der Waals surface area contributed by atoms with E-state index in [2.05, 4.69) is 44.7 Å². The van der Waals surface area contributed by atoms with Crippen LogP contribution in [0.25, 0.3) is 0 Å². The molecule has 0 aliphatic rings. The Bertz CT molecular complexity index is 478. The third-order valence-corrected chi connectivity index (χ3v) is 5.52. The second-order valence-electron chi connectivity index (χ2n) is 8.44. The van der Waals surface area contributed by atoms with Gasteiger partial charge in [0.25, 0.3) is 0 Å². The summed E-state index contributed by atoms with van der Waals surface area (Å²) in [5.41, 5.74) is 25.3. The summed E-state index contributed by atoms with van der Waals surface area (Å²) in [7, 11) is 0. The number of benzene rings is 1. The van der Waals surface area contributed by atoms with E-state index < -0.39 is 0 Å². The molecule has 0 saturated heterocycles. The Balaban J connectivity index is 2.52. The van der Waals surface area contributed by atoms with Crippen LogP contribution in [0.5, 0.6) is 0 Å². The summed E-state index contributed by atoms with van der Waals surface area (Å²) >= 11 is 0. The molecule has 8 heteroatoms. The van der Waals surface area contributed by atoms with Crippen LogP contribution in [0.15, 0.2) is 24.3 Å². The standard InChI is InChI=1S/C24H50N8/c25-9-1-13-29-15-19-31(17-3-11-27)21-23-5-7-24(8-6-23)22-32(18-4-12-28)20-16-30-14-2-10-26/h5-8,29-30H,1-4,9-22,25-28H2. The summed E-state index contributed by atoms with van der Waals surface area (Å²) in [6.45, 7) is 12.9. The Morgan fingerprint density at radius 2 is 0.875 bits per heavy atom. The van der Waals surface area contributed by atoms with Gasteiger partial charge in [0, 0.05) is 39.3 Å². The van der Waals surface area contributed by atoms with Crippen molar-refractivity contribution in [1.29, 1.82) is 0 Å². The lowest BCUT2D eigenvalue weighted by Crippen LogP contribution is -2.34. The first-order chi connectivity index (χ1) is 15.7. The van der Waals surface area contributed by atoms with Gasteiger partial charge in [-0.2, -0.15) is 0 Å². The molecule has 0 aliphatic carbocycles. The third-order valence-electron chi connectivity index (χ3n) is 5.52. The first-order valence-electron chi connectivity index (χ1n) is 12.5. The van der Waals surface area contributed by atoms with E-state index in [-0.39, 0.29) is 0 Å². The van der Waals surface area contributed by atoms with E-state index in [1.807, 2.05) is 0 Å². The predicted octanol–water partition coefficient (Wildman–Crippen LogP) is -0.135. The van der Waals surface area contributed by atoms with E-state index in [0.717, 1.165) is 117 Å². The van der Waals surface area contributed by atoms with Crippen molar-refractivity contribution in [3.8, 4) is 0 Å². The zero-order chi connectivity index (χ0) is 23.3. The fourth-order valence-corrected chi connectivity index (χ4v) is 3.61. The fraction of sp³-hybridized carbons (Fsp3) is 0.750. The lowest BCUT2D eigenvalue weighted by atomic mass is 10.1. The van der Waals surface area contributed by atoms with Crippen molar-refractivity contribution in [2.24, 2.45) is 22.9 Å². The highest BCUT2D eigenvalue weighted by atomic mass is 15.1. The van der Waals surface area contributed by atoms with Gasteiger partial charge in [0.2, 0.25) is 0 Å². The molecule has 0 aliphatic heterocycles. The number of hydrogen-bond donors (Lipinski definition) is 6. The van der Waals surface area contributed by atoms with Crippen LogP contribution in [0.3, 0.4) is 0 Å². The lowest BCUT2D eigenvalue weighted by molar-refractivity contribution is 0.261. The molecule has 1 aromatic rings. The minimum Gasteiger partial charge on any atom is -0.330 e. The molecule has 8 nitrogen and oxygen atoms in total. The maximum absolute atomic E-state index is 5.75. The molecule has 0 aromatic heterocycles. The van der Waals surface area contributed by atoms with Crippen molar-refractivity contribution in [1.82, 2.24) is 20.4 Å². The van der Waals surface area contributed by atoms with E-state index >= 15 is 0 Å². The highest BCUT2D eigenvalue weighted by molar-refractivity contribution is 5.22. The van der Waals surface area contributed by atoms with Crippen molar-refractivity contribution in [2.45, 2.75) is 38.8 Å². The smallest absolute Gasteiger partial charge is 0.0234 e. The summed E-state index contributed by atoms with van der Waals surface area (Å²) in [6.07, 6.45) is 4.10. The number of hydrogen-bond acceptors (Lipinski definition) is 8. The van der Waals surface area contributed by atoms with Crippen molar-refractivity contribution >= 4 is 0 Å². The zero-order valence-corrected chi connectivity index (χ0v) is 20.2. The largest absolute Gasteiger partial charge is 0.330 e.